The summed E-state index contributed by atoms with van der Waals surface area (Å²) in [5.74, 6) is 0.325. The molecule has 0 aliphatic rings. The molecule has 0 radical (unpaired) electrons. The Morgan fingerprint density at radius 1 is 1.26 bits per heavy atom. The van der Waals surface area contributed by atoms with Crippen LogP contribution < -0.4 is 10.1 Å². The second-order valence-electron chi connectivity index (χ2n) is 6.00. The lowest BCUT2D eigenvalue weighted by molar-refractivity contribution is -0.122. The number of thiazole rings is 1. The van der Waals surface area contributed by atoms with Gasteiger partial charge in [0.15, 0.2) is 11.1 Å². The Hall–Kier alpha value is -2.83. The van der Waals surface area contributed by atoms with Crippen LogP contribution in [0.3, 0.4) is 0 Å². The van der Waals surface area contributed by atoms with E-state index in [0.717, 1.165) is 16.2 Å². The third kappa shape index (κ3) is 3.97. The third-order valence-electron chi connectivity index (χ3n) is 4.02. The Morgan fingerprint density at radius 2 is 2.07 bits per heavy atom. The van der Waals surface area contributed by atoms with Crippen molar-refractivity contribution in [3.05, 3.63) is 71.3 Å². The number of ether oxygens (including phenoxy) is 1. The van der Waals surface area contributed by atoms with Crippen LogP contribution in [0.5, 0.6) is 5.75 Å². The molecule has 0 aliphatic heterocycles. The van der Waals surface area contributed by atoms with Gasteiger partial charge in [0.1, 0.15) is 5.75 Å². The van der Waals surface area contributed by atoms with Crippen molar-refractivity contribution >= 4 is 39.5 Å². The van der Waals surface area contributed by atoms with Crippen molar-refractivity contribution in [2.75, 3.05) is 5.32 Å². The Kier molecular flexibility index (Phi) is 4.83. The first-order valence-corrected chi connectivity index (χ1v) is 9.60. The quantitative estimate of drug-likeness (QED) is 0.508. The van der Waals surface area contributed by atoms with Gasteiger partial charge < -0.3 is 10.1 Å². The fraction of sp³-hybridized carbons (Fsp3) is 0.100. The number of anilines is 1. The number of amides is 1. The van der Waals surface area contributed by atoms with Crippen molar-refractivity contribution in [3.63, 3.8) is 0 Å². The summed E-state index contributed by atoms with van der Waals surface area (Å²) in [6.45, 7) is 1.70. The number of nitrogens with zero attached hydrogens (tertiary/aromatic N) is 2. The number of hydrogen-bond acceptors (Lipinski definition) is 4. The average molecular weight is 398 g/mol. The molecule has 27 heavy (non-hydrogen) atoms. The minimum Gasteiger partial charge on any atom is -0.481 e. The van der Waals surface area contributed by atoms with E-state index in [0.29, 0.717) is 16.5 Å². The molecule has 4 rings (SSSR count). The van der Waals surface area contributed by atoms with E-state index in [1.54, 1.807) is 42.5 Å². The minimum absolute atomic E-state index is 0.231. The lowest BCUT2D eigenvalue weighted by atomic mass is 10.1. The molecule has 1 unspecified atom stereocenters. The highest BCUT2D eigenvalue weighted by molar-refractivity contribution is 7.15. The van der Waals surface area contributed by atoms with Gasteiger partial charge in [-0.1, -0.05) is 29.8 Å². The number of rotatable bonds is 5. The van der Waals surface area contributed by atoms with Gasteiger partial charge in [0.25, 0.3) is 5.91 Å². The number of carbonyl (C=O) groups excluding carboxylic acids is 1. The molecule has 0 spiro atoms. The van der Waals surface area contributed by atoms with Crippen LogP contribution in [0, 0.1) is 0 Å². The summed E-state index contributed by atoms with van der Waals surface area (Å²) in [4.78, 5) is 17.9. The SMILES string of the molecule is CC(Oc1cccc(Cl)c1)C(=O)Nc1ccc(-c2cn3ccsc3n2)cc1. The number of nitrogens with one attached hydrogen (secondary N) is 1. The van der Waals surface area contributed by atoms with E-state index in [2.05, 4.69) is 10.3 Å². The van der Waals surface area contributed by atoms with Crippen molar-refractivity contribution < 1.29 is 9.53 Å². The maximum atomic E-state index is 12.4. The molecule has 2 aromatic heterocycles. The van der Waals surface area contributed by atoms with Crippen LogP contribution in [0.25, 0.3) is 16.2 Å². The van der Waals surface area contributed by atoms with Crippen molar-refractivity contribution in [1.29, 1.82) is 0 Å². The third-order valence-corrected chi connectivity index (χ3v) is 5.03. The summed E-state index contributed by atoms with van der Waals surface area (Å²) in [6.07, 6.45) is 3.32. The Morgan fingerprint density at radius 3 is 2.81 bits per heavy atom. The van der Waals surface area contributed by atoms with Gasteiger partial charge in [-0.3, -0.25) is 9.20 Å². The van der Waals surface area contributed by atoms with E-state index < -0.39 is 6.10 Å². The largest absolute Gasteiger partial charge is 0.481 e. The molecule has 4 aromatic rings. The van der Waals surface area contributed by atoms with E-state index in [9.17, 15) is 4.79 Å². The maximum Gasteiger partial charge on any atom is 0.265 e. The van der Waals surface area contributed by atoms with Crippen LogP contribution in [0.4, 0.5) is 5.69 Å². The minimum atomic E-state index is -0.650. The van der Waals surface area contributed by atoms with E-state index in [4.69, 9.17) is 16.3 Å². The molecular formula is C20H16ClN3O2S. The lowest BCUT2D eigenvalue weighted by Gasteiger charge is -2.15. The summed E-state index contributed by atoms with van der Waals surface area (Å²) in [5.41, 5.74) is 2.59. The number of aromatic nitrogens is 2. The van der Waals surface area contributed by atoms with Crippen molar-refractivity contribution in [3.8, 4) is 17.0 Å². The molecule has 2 aromatic carbocycles. The van der Waals surface area contributed by atoms with Crippen molar-refractivity contribution in [1.82, 2.24) is 9.38 Å². The van der Waals surface area contributed by atoms with Crippen molar-refractivity contribution in [2.24, 2.45) is 0 Å². The number of carbonyl (C=O) groups is 1. The van der Waals surface area contributed by atoms with Gasteiger partial charge in [0.2, 0.25) is 0 Å². The van der Waals surface area contributed by atoms with Gasteiger partial charge in [0.05, 0.1) is 5.69 Å². The van der Waals surface area contributed by atoms with E-state index >= 15 is 0 Å². The van der Waals surface area contributed by atoms with Gasteiger partial charge in [-0.05, 0) is 37.3 Å². The fourth-order valence-corrected chi connectivity index (χ4v) is 3.51. The number of fused-ring (bicyclic) bond motifs is 1. The molecule has 0 fully saturated rings. The van der Waals surface area contributed by atoms with Gasteiger partial charge in [-0.2, -0.15) is 0 Å². The number of imidazole rings is 1. The first kappa shape index (κ1) is 17.6. The predicted octanol–water partition coefficient (Wildman–Crippen LogP) is 5.12. The van der Waals surface area contributed by atoms with Gasteiger partial charge >= 0.3 is 0 Å². The molecule has 0 aliphatic carbocycles. The smallest absolute Gasteiger partial charge is 0.265 e. The molecule has 136 valence electrons. The van der Waals surface area contributed by atoms with Crippen LogP contribution >= 0.6 is 22.9 Å². The summed E-state index contributed by atoms with van der Waals surface area (Å²) >= 11 is 7.53. The Balaban J connectivity index is 1.41. The molecule has 2 heterocycles. The summed E-state index contributed by atoms with van der Waals surface area (Å²) < 4.78 is 7.63. The first-order chi connectivity index (χ1) is 13.1. The van der Waals surface area contributed by atoms with Gasteiger partial charge in [-0.15, -0.1) is 11.3 Å². The molecule has 5 nitrogen and oxygen atoms in total. The number of halogens is 1. The average Bonchev–Trinajstić information content (AvgIpc) is 3.24. The molecule has 7 heteroatoms. The second-order valence-corrected chi connectivity index (χ2v) is 7.31. The number of benzene rings is 2. The van der Waals surface area contributed by atoms with Crippen molar-refractivity contribution in [2.45, 2.75) is 13.0 Å². The Bertz CT molecular complexity index is 1060. The van der Waals surface area contributed by atoms with Crippen LogP contribution in [0.1, 0.15) is 6.92 Å². The molecule has 0 saturated carbocycles. The standard InChI is InChI=1S/C20H16ClN3O2S/c1-13(26-17-4-2-3-15(21)11-17)19(25)22-16-7-5-14(6-8-16)18-12-24-9-10-27-20(24)23-18/h2-13H,1H3,(H,22,25). The van der Waals surface area contributed by atoms with Crippen LogP contribution in [-0.4, -0.2) is 21.4 Å². The highest BCUT2D eigenvalue weighted by atomic mass is 35.5. The van der Waals surface area contributed by atoms with Crippen LogP contribution in [0.2, 0.25) is 5.02 Å². The monoisotopic (exact) mass is 397 g/mol. The molecule has 1 amide bonds. The zero-order valence-electron chi connectivity index (χ0n) is 14.4. The molecule has 0 bridgehead atoms. The zero-order chi connectivity index (χ0) is 18.8. The highest BCUT2D eigenvalue weighted by Gasteiger charge is 2.15. The molecule has 1 N–H and O–H groups in total. The summed E-state index contributed by atoms with van der Waals surface area (Å²) in [5, 5.41) is 5.42. The maximum absolute atomic E-state index is 12.4. The molecular weight excluding hydrogens is 382 g/mol. The topological polar surface area (TPSA) is 55.6 Å². The summed E-state index contributed by atoms with van der Waals surface area (Å²) in [7, 11) is 0. The summed E-state index contributed by atoms with van der Waals surface area (Å²) in [6, 6.07) is 14.6. The number of hydrogen-bond donors (Lipinski definition) is 1. The van der Waals surface area contributed by atoms with Gasteiger partial charge in [-0.25, -0.2) is 4.98 Å². The lowest BCUT2D eigenvalue weighted by Crippen LogP contribution is -2.30. The Labute approximate surface area is 165 Å². The first-order valence-electron chi connectivity index (χ1n) is 8.34. The normalized spacial score (nSPS) is 12.1. The van der Waals surface area contributed by atoms with E-state index in [-0.39, 0.29) is 5.91 Å². The van der Waals surface area contributed by atoms with Crippen LogP contribution in [0.15, 0.2) is 66.3 Å². The fourth-order valence-electron chi connectivity index (χ4n) is 2.63. The molecule has 1 atom stereocenters. The van der Waals surface area contributed by atoms with E-state index in [1.165, 1.54) is 0 Å². The predicted molar refractivity (Wildman–Crippen MR) is 109 cm³/mol. The van der Waals surface area contributed by atoms with Crippen LogP contribution in [-0.2, 0) is 4.79 Å². The molecule has 0 saturated heterocycles. The second kappa shape index (κ2) is 7.42. The van der Waals surface area contributed by atoms with E-state index in [1.807, 2.05) is 46.4 Å². The zero-order valence-corrected chi connectivity index (χ0v) is 16.0. The highest BCUT2D eigenvalue weighted by Crippen LogP contribution is 2.23. The van der Waals surface area contributed by atoms with Gasteiger partial charge in [0, 0.05) is 34.0 Å².